The Morgan fingerprint density at radius 1 is 1.16 bits per heavy atom. The first kappa shape index (κ1) is 19.6. The van der Waals surface area contributed by atoms with Gasteiger partial charge in [0.1, 0.15) is 11.5 Å². The van der Waals surface area contributed by atoms with Gasteiger partial charge in [0.2, 0.25) is 8.32 Å². The Hall–Kier alpha value is -1.67. The van der Waals surface area contributed by atoms with E-state index in [1.807, 2.05) is 44.2 Å². The lowest BCUT2D eigenvalue weighted by Gasteiger charge is -2.18. The number of ether oxygens (including phenoxy) is 1. The van der Waals surface area contributed by atoms with Crippen LogP contribution in [0.2, 0.25) is 19.6 Å². The molecule has 0 bridgehead atoms. The third kappa shape index (κ3) is 6.62. The second kappa shape index (κ2) is 8.14. The predicted molar refractivity (Wildman–Crippen MR) is 114 cm³/mol. The summed E-state index contributed by atoms with van der Waals surface area (Å²) in [6, 6.07) is 9.79. The Balaban J connectivity index is 2.26. The summed E-state index contributed by atoms with van der Waals surface area (Å²) < 4.78 is 12.9. The number of hydrogen-bond acceptors (Lipinski definition) is 4. The second-order valence-electron chi connectivity index (χ2n) is 6.74. The number of halogens is 1. The van der Waals surface area contributed by atoms with Crippen LogP contribution < -0.4 is 4.74 Å². The average Bonchev–Trinajstić information content (AvgIpc) is 2.44. The molecular weight excluding hydrogens is 443 g/mol. The summed E-state index contributed by atoms with van der Waals surface area (Å²) in [4.78, 5) is 8.73. The molecule has 0 amide bonds. The Morgan fingerprint density at radius 3 is 2.40 bits per heavy atom. The third-order valence-electron chi connectivity index (χ3n) is 3.03. The zero-order valence-corrected chi connectivity index (χ0v) is 18.4. The second-order valence-corrected chi connectivity index (χ2v) is 12.4. The fraction of sp³-hybridized carbons (Fsp3) is 0.263. The molecule has 1 aromatic heterocycles. The van der Waals surface area contributed by atoms with Crippen LogP contribution in [0.3, 0.4) is 0 Å². The Labute approximate surface area is 164 Å². The van der Waals surface area contributed by atoms with E-state index in [1.165, 1.54) is 0 Å². The molecule has 0 unspecified atom stereocenters. The number of nitrogens with zero attached hydrogens (tertiary/aromatic N) is 2. The molecule has 4 nitrogen and oxygen atoms in total. The highest BCUT2D eigenvalue weighted by molar-refractivity contribution is 14.1. The van der Waals surface area contributed by atoms with Crippen molar-refractivity contribution < 1.29 is 9.16 Å². The zero-order valence-electron chi connectivity index (χ0n) is 15.3. The minimum absolute atomic E-state index is 0.430. The van der Waals surface area contributed by atoms with Gasteiger partial charge >= 0.3 is 0 Å². The molecule has 0 aliphatic heterocycles. The van der Waals surface area contributed by atoms with E-state index in [0.29, 0.717) is 5.88 Å². The normalized spacial score (nSPS) is 11.6. The first-order chi connectivity index (χ1) is 11.6. The summed E-state index contributed by atoms with van der Waals surface area (Å²) in [6.45, 7) is 14.1. The van der Waals surface area contributed by atoms with E-state index in [9.17, 15) is 0 Å². The fourth-order valence-electron chi connectivity index (χ4n) is 2.22. The topological polar surface area (TPSA) is 43.7 Å². The van der Waals surface area contributed by atoms with Gasteiger partial charge in [-0.1, -0.05) is 0 Å². The molecule has 1 heterocycles. The largest absolute Gasteiger partial charge is 0.532 e. The summed E-state index contributed by atoms with van der Waals surface area (Å²) >= 11 is 2.27. The Morgan fingerprint density at radius 2 is 1.80 bits per heavy atom. The zero-order chi connectivity index (χ0) is 18.6. The molecule has 0 fully saturated rings. The molecule has 2 rings (SSSR count). The van der Waals surface area contributed by atoms with Crippen LogP contribution >= 0.6 is 22.6 Å². The number of rotatable bonds is 6. The first-order valence-corrected chi connectivity index (χ1v) is 12.5. The molecule has 0 atom stereocenters. The lowest BCUT2D eigenvalue weighted by molar-refractivity contribution is 0.421. The molecule has 0 radical (unpaired) electrons. The smallest absolute Gasteiger partial charge is 0.244 e. The van der Waals surface area contributed by atoms with E-state index in [0.717, 1.165) is 32.0 Å². The Kier molecular flexibility index (Phi) is 6.40. The number of benzene rings is 1. The van der Waals surface area contributed by atoms with Gasteiger partial charge in [-0.2, -0.15) is 0 Å². The molecule has 1 aromatic carbocycles. The van der Waals surface area contributed by atoms with Crippen LogP contribution in [0.5, 0.6) is 11.5 Å². The third-order valence-corrected chi connectivity index (χ3v) is 4.55. The van der Waals surface area contributed by atoms with Gasteiger partial charge < -0.3 is 9.16 Å². The minimum Gasteiger partial charge on any atom is -0.532 e. The maximum absolute atomic E-state index is 6.06. The van der Waals surface area contributed by atoms with Gasteiger partial charge in [0.25, 0.3) is 0 Å². The van der Waals surface area contributed by atoms with Crippen molar-refractivity contribution in [1.29, 1.82) is 0 Å². The molecule has 0 N–H and O–H groups in total. The van der Waals surface area contributed by atoms with Crippen LogP contribution in [0.25, 0.3) is 0 Å². The van der Waals surface area contributed by atoms with Gasteiger partial charge in [-0.05, 0) is 80.9 Å². The monoisotopic (exact) mass is 466 g/mol. The van der Waals surface area contributed by atoms with Crippen molar-refractivity contribution >= 4 is 37.1 Å². The van der Waals surface area contributed by atoms with E-state index in [-0.39, 0.29) is 0 Å². The van der Waals surface area contributed by atoms with E-state index >= 15 is 0 Å². The van der Waals surface area contributed by atoms with Crippen LogP contribution in [-0.2, 0) is 4.43 Å². The Bertz CT molecular complexity index is 793. The predicted octanol–water partition coefficient (Wildman–Crippen LogP) is 5.84. The minimum atomic E-state index is -1.71. The molecule has 0 saturated heterocycles. The van der Waals surface area contributed by atoms with E-state index in [2.05, 4.69) is 58.8 Å². The van der Waals surface area contributed by atoms with Crippen molar-refractivity contribution in [3.63, 3.8) is 0 Å². The SMILES string of the molecule is C=C(/N=C/c1cc(I)ccc1Oc1cc(C)nc(C)c1)O[Si](C)(C)C. The number of hydrogen-bond donors (Lipinski definition) is 0. The maximum atomic E-state index is 6.06. The molecule has 0 saturated carbocycles. The van der Waals surface area contributed by atoms with Crippen LogP contribution in [0.4, 0.5) is 0 Å². The number of aliphatic imine (C=N–C) groups is 1. The summed E-state index contributed by atoms with van der Waals surface area (Å²) in [5.41, 5.74) is 2.72. The van der Waals surface area contributed by atoms with Crippen LogP contribution in [0.15, 0.2) is 47.8 Å². The molecular formula is C19H23IN2O2Si. The number of pyridine rings is 1. The van der Waals surface area contributed by atoms with E-state index in [4.69, 9.17) is 9.16 Å². The van der Waals surface area contributed by atoms with Crippen molar-refractivity contribution in [3.8, 4) is 11.5 Å². The highest BCUT2D eigenvalue weighted by Crippen LogP contribution is 2.27. The van der Waals surface area contributed by atoms with Crippen LogP contribution in [-0.4, -0.2) is 19.5 Å². The first-order valence-electron chi connectivity index (χ1n) is 7.97. The molecule has 25 heavy (non-hydrogen) atoms. The van der Waals surface area contributed by atoms with Crippen LogP contribution in [0.1, 0.15) is 17.0 Å². The van der Waals surface area contributed by atoms with Gasteiger partial charge in [-0.15, -0.1) is 0 Å². The van der Waals surface area contributed by atoms with E-state index < -0.39 is 8.32 Å². The number of aryl methyl sites for hydroxylation is 2. The van der Waals surface area contributed by atoms with Gasteiger partial charge in [0.05, 0.1) is 0 Å². The standard InChI is InChI=1S/C19H23IN2O2Si/c1-13-9-18(10-14(2)22-13)23-19-8-7-17(20)11-16(19)12-21-15(3)24-25(4,5)6/h7-12H,3H2,1-2,4-6H3/b21-12+. The van der Waals surface area contributed by atoms with Gasteiger partial charge in [0, 0.05) is 38.9 Å². The van der Waals surface area contributed by atoms with Gasteiger partial charge in [0.15, 0.2) is 5.88 Å². The van der Waals surface area contributed by atoms with Crippen molar-refractivity contribution in [1.82, 2.24) is 4.98 Å². The lowest BCUT2D eigenvalue weighted by atomic mass is 10.2. The summed E-state index contributed by atoms with van der Waals surface area (Å²) in [7, 11) is -1.71. The summed E-state index contributed by atoms with van der Waals surface area (Å²) in [6.07, 6.45) is 1.74. The molecule has 6 heteroatoms. The molecule has 0 aliphatic rings. The quantitative estimate of drug-likeness (QED) is 0.233. The maximum Gasteiger partial charge on any atom is 0.244 e. The van der Waals surface area contributed by atoms with Gasteiger partial charge in [-0.3, -0.25) is 4.98 Å². The summed E-state index contributed by atoms with van der Waals surface area (Å²) in [5.74, 6) is 1.92. The molecule has 0 aliphatic carbocycles. The van der Waals surface area contributed by atoms with Crippen molar-refractivity contribution in [2.45, 2.75) is 33.5 Å². The fourth-order valence-corrected chi connectivity index (χ4v) is 3.49. The van der Waals surface area contributed by atoms with E-state index in [1.54, 1.807) is 6.21 Å². The lowest BCUT2D eigenvalue weighted by Crippen LogP contribution is -2.24. The van der Waals surface area contributed by atoms with Crippen LogP contribution in [0, 0.1) is 17.4 Å². The highest BCUT2D eigenvalue weighted by Gasteiger charge is 2.16. The highest BCUT2D eigenvalue weighted by atomic mass is 127. The average molecular weight is 466 g/mol. The van der Waals surface area contributed by atoms with Crippen molar-refractivity contribution in [2.24, 2.45) is 4.99 Å². The van der Waals surface area contributed by atoms with Crippen molar-refractivity contribution in [3.05, 3.63) is 63.3 Å². The van der Waals surface area contributed by atoms with Crippen molar-refractivity contribution in [2.75, 3.05) is 0 Å². The molecule has 2 aromatic rings. The number of aromatic nitrogens is 1. The molecule has 132 valence electrons. The van der Waals surface area contributed by atoms with Gasteiger partial charge in [-0.25, -0.2) is 4.99 Å². The summed E-state index contributed by atoms with van der Waals surface area (Å²) in [5, 5.41) is 0. The molecule has 0 spiro atoms.